The molecule has 1 aromatic heterocycles. The lowest BCUT2D eigenvalue weighted by atomic mass is 10.0. The van der Waals surface area contributed by atoms with E-state index in [4.69, 9.17) is 19.2 Å². The first-order valence-electron chi connectivity index (χ1n) is 10.4. The number of hydrogen-bond donors (Lipinski definition) is 0. The zero-order valence-electron chi connectivity index (χ0n) is 18.6. The molecule has 0 atom stereocenters. The van der Waals surface area contributed by atoms with Gasteiger partial charge in [-0.15, -0.1) is 0 Å². The number of pyridine rings is 1. The summed E-state index contributed by atoms with van der Waals surface area (Å²) in [5.74, 6) is 0.393. The third-order valence-electron chi connectivity index (χ3n) is 5.30. The molecule has 3 aromatic carbocycles. The fourth-order valence-electron chi connectivity index (χ4n) is 3.51. The van der Waals surface area contributed by atoms with Gasteiger partial charge in [-0.25, -0.2) is 9.78 Å². The molecule has 166 valence electrons. The predicted octanol–water partition coefficient (Wildman–Crippen LogP) is 5.27. The standard InChI is InChI=1S/C27H23NO5/c1-17-7-12-24-22(13-17)23(15-25(28-24)18-8-10-20(31-2)11-9-18)27(30)33-16-26(29)19-5-4-6-21(14-19)32-3/h4-15H,16H2,1-3H3. The third-order valence-corrected chi connectivity index (χ3v) is 5.30. The topological polar surface area (TPSA) is 74.7 Å². The Balaban J connectivity index is 1.65. The van der Waals surface area contributed by atoms with E-state index in [9.17, 15) is 9.59 Å². The Morgan fingerprint density at radius 2 is 1.61 bits per heavy atom. The summed E-state index contributed by atoms with van der Waals surface area (Å²) in [6, 6.07) is 21.6. The van der Waals surface area contributed by atoms with Gasteiger partial charge in [0.15, 0.2) is 12.4 Å². The average Bonchev–Trinajstić information content (AvgIpc) is 2.86. The minimum atomic E-state index is -0.584. The molecule has 0 radical (unpaired) electrons. The van der Waals surface area contributed by atoms with E-state index in [-0.39, 0.29) is 12.4 Å². The van der Waals surface area contributed by atoms with Crippen LogP contribution in [0.5, 0.6) is 11.5 Å². The van der Waals surface area contributed by atoms with Gasteiger partial charge in [0.1, 0.15) is 11.5 Å². The largest absolute Gasteiger partial charge is 0.497 e. The summed E-state index contributed by atoms with van der Waals surface area (Å²) in [5, 5.41) is 0.672. The number of ketones is 1. The number of rotatable bonds is 7. The van der Waals surface area contributed by atoms with Crippen molar-refractivity contribution in [3.05, 3.63) is 89.5 Å². The van der Waals surface area contributed by atoms with Crippen molar-refractivity contribution >= 4 is 22.7 Å². The van der Waals surface area contributed by atoms with Gasteiger partial charge in [-0.1, -0.05) is 23.8 Å². The van der Waals surface area contributed by atoms with E-state index in [2.05, 4.69) is 0 Å². The fourth-order valence-corrected chi connectivity index (χ4v) is 3.51. The number of aromatic nitrogens is 1. The maximum absolute atomic E-state index is 13.1. The second-order valence-electron chi connectivity index (χ2n) is 7.54. The zero-order valence-corrected chi connectivity index (χ0v) is 18.6. The Bertz CT molecular complexity index is 1330. The second kappa shape index (κ2) is 9.53. The van der Waals surface area contributed by atoms with Gasteiger partial charge in [-0.05, 0) is 61.5 Å². The third kappa shape index (κ3) is 4.85. The van der Waals surface area contributed by atoms with E-state index in [1.54, 1.807) is 37.4 Å². The number of fused-ring (bicyclic) bond motifs is 1. The van der Waals surface area contributed by atoms with Crippen LogP contribution in [0.2, 0.25) is 0 Å². The number of methoxy groups -OCH3 is 2. The number of carbonyl (C=O) groups excluding carboxylic acids is 2. The van der Waals surface area contributed by atoms with Gasteiger partial charge < -0.3 is 14.2 Å². The highest BCUT2D eigenvalue weighted by atomic mass is 16.5. The molecular weight excluding hydrogens is 418 g/mol. The summed E-state index contributed by atoms with van der Waals surface area (Å²) in [4.78, 5) is 30.3. The Labute approximate surface area is 191 Å². The van der Waals surface area contributed by atoms with E-state index >= 15 is 0 Å². The molecule has 6 heteroatoms. The predicted molar refractivity (Wildman–Crippen MR) is 126 cm³/mol. The van der Waals surface area contributed by atoms with Gasteiger partial charge in [0.2, 0.25) is 0 Å². The van der Waals surface area contributed by atoms with Crippen LogP contribution in [-0.2, 0) is 4.74 Å². The number of esters is 1. The maximum atomic E-state index is 13.1. The van der Waals surface area contributed by atoms with Crippen LogP contribution in [0.15, 0.2) is 72.8 Å². The fraction of sp³-hybridized carbons (Fsp3) is 0.148. The summed E-state index contributed by atoms with van der Waals surface area (Å²) >= 11 is 0. The van der Waals surface area contributed by atoms with Crippen molar-refractivity contribution in [3.8, 4) is 22.8 Å². The van der Waals surface area contributed by atoms with Gasteiger partial charge in [-0.2, -0.15) is 0 Å². The Morgan fingerprint density at radius 3 is 2.33 bits per heavy atom. The van der Waals surface area contributed by atoms with E-state index in [1.165, 1.54) is 7.11 Å². The van der Waals surface area contributed by atoms with E-state index < -0.39 is 5.97 Å². The molecule has 33 heavy (non-hydrogen) atoms. The van der Waals surface area contributed by atoms with Crippen LogP contribution in [0.1, 0.15) is 26.3 Å². The smallest absolute Gasteiger partial charge is 0.339 e. The molecule has 0 N–H and O–H groups in total. The lowest BCUT2D eigenvalue weighted by molar-refractivity contribution is 0.0476. The van der Waals surface area contributed by atoms with Crippen LogP contribution in [0, 0.1) is 6.92 Å². The number of nitrogens with zero attached hydrogens (tertiary/aromatic N) is 1. The molecule has 0 fully saturated rings. The van der Waals surface area contributed by atoms with Gasteiger partial charge in [0.05, 0.1) is 31.0 Å². The normalized spacial score (nSPS) is 10.6. The van der Waals surface area contributed by atoms with Crippen molar-refractivity contribution in [2.75, 3.05) is 20.8 Å². The summed E-state index contributed by atoms with van der Waals surface area (Å²) in [7, 11) is 3.13. The van der Waals surface area contributed by atoms with Crippen molar-refractivity contribution < 1.29 is 23.8 Å². The van der Waals surface area contributed by atoms with Crippen LogP contribution in [0.4, 0.5) is 0 Å². The van der Waals surface area contributed by atoms with Crippen LogP contribution >= 0.6 is 0 Å². The molecule has 0 saturated heterocycles. The molecular formula is C27H23NO5. The molecule has 0 saturated carbocycles. The summed E-state index contributed by atoms with van der Waals surface area (Å²) in [6.45, 7) is 1.57. The van der Waals surface area contributed by atoms with Crippen molar-refractivity contribution in [1.82, 2.24) is 4.98 Å². The number of hydrogen-bond acceptors (Lipinski definition) is 6. The molecule has 0 bridgehead atoms. The van der Waals surface area contributed by atoms with Crippen LogP contribution in [0.25, 0.3) is 22.2 Å². The van der Waals surface area contributed by atoms with Gasteiger partial charge in [0.25, 0.3) is 0 Å². The number of Topliss-reactive ketones (excluding diaryl/α,β-unsaturated/α-hetero) is 1. The second-order valence-corrected chi connectivity index (χ2v) is 7.54. The van der Waals surface area contributed by atoms with Crippen molar-refractivity contribution in [2.24, 2.45) is 0 Å². The molecule has 0 aliphatic rings. The Morgan fingerprint density at radius 1 is 0.848 bits per heavy atom. The van der Waals surface area contributed by atoms with E-state index in [0.717, 1.165) is 16.9 Å². The summed E-state index contributed by atoms with van der Waals surface area (Å²) < 4.78 is 15.8. The first-order valence-corrected chi connectivity index (χ1v) is 10.4. The quantitative estimate of drug-likeness (QED) is 0.287. The molecule has 0 aliphatic heterocycles. The lowest BCUT2D eigenvalue weighted by Gasteiger charge is -2.11. The molecule has 4 rings (SSSR count). The molecule has 4 aromatic rings. The first kappa shape index (κ1) is 22.0. The number of carbonyl (C=O) groups is 2. The van der Waals surface area contributed by atoms with Crippen molar-refractivity contribution in [1.29, 1.82) is 0 Å². The van der Waals surface area contributed by atoms with Crippen molar-refractivity contribution in [3.63, 3.8) is 0 Å². The zero-order chi connectivity index (χ0) is 23.4. The highest BCUT2D eigenvalue weighted by Gasteiger charge is 2.18. The molecule has 0 unspecified atom stereocenters. The first-order chi connectivity index (χ1) is 16.0. The van der Waals surface area contributed by atoms with E-state index in [1.807, 2.05) is 49.4 Å². The minimum Gasteiger partial charge on any atom is -0.497 e. The SMILES string of the molecule is COc1ccc(-c2cc(C(=O)OCC(=O)c3cccc(OC)c3)c3cc(C)ccc3n2)cc1. The van der Waals surface area contributed by atoms with Gasteiger partial charge in [0, 0.05) is 16.5 Å². The number of ether oxygens (including phenoxy) is 3. The summed E-state index contributed by atoms with van der Waals surface area (Å²) in [5.41, 5.74) is 3.88. The summed E-state index contributed by atoms with van der Waals surface area (Å²) in [6.07, 6.45) is 0. The molecule has 1 heterocycles. The average molecular weight is 441 g/mol. The molecule has 0 amide bonds. The number of aryl methyl sites for hydroxylation is 1. The molecule has 0 aliphatic carbocycles. The van der Waals surface area contributed by atoms with Crippen molar-refractivity contribution in [2.45, 2.75) is 6.92 Å². The van der Waals surface area contributed by atoms with Crippen LogP contribution in [-0.4, -0.2) is 37.6 Å². The van der Waals surface area contributed by atoms with Crippen LogP contribution < -0.4 is 9.47 Å². The maximum Gasteiger partial charge on any atom is 0.339 e. The number of benzene rings is 3. The Hall–Kier alpha value is -4.19. The lowest BCUT2D eigenvalue weighted by Crippen LogP contribution is -2.15. The van der Waals surface area contributed by atoms with Gasteiger partial charge in [-0.3, -0.25) is 4.79 Å². The van der Waals surface area contributed by atoms with Crippen LogP contribution in [0.3, 0.4) is 0 Å². The van der Waals surface area contributed by atoms with E-state index in [0.29, 0.717) is 33.5 Å². The Kier molecular flexibility index (Phi) is 6.36. The monoisotopic (exact) mass is 441 g/mol. The molecule has 0 spiro atoms. The minimum absolute atomic E-state index is 0.313. The highest BCUT2D eigenvalue weighted by molar-refractivity contribution is 6.06. The highest BCUT2D eigenvalue weighted by Crippen LogP contribution is 2.27. The molecule has 6 nitrogen and oxygen atoms in total. The van der Waals surface area contributed by atoms with Gasteiger partial charge >= 0.3 is 5.97 Å².